The summed E-state index contributed by atoms with van der Waals surface area (Å²) in [6.07, 6.45) is 2.52. The topological polar surface area (TPSA) is 52.7 Å². The van der Waals surface area contributed by atoms with E-state index in [2.05, 4.69) is 17.4 Å². The van der Waals surface area contributed by atoms with Crippen molar-refractivity contribution in [1.82, 2.24) is 9.80 Å². The number of thiocarbonyl (C=S) groups is 1. The monoisotopic (exact) mass is 471 g/mol. The number of nitrogens with zero attached hydrogens (tertiary/aromatic N) is 2. The van der Waals surface area contributed by atoms with Crippen LogP contribution in [0.15, 0.2) is 91.0 Å². The van der Waals surface area contributed by atoms with Crippen LogP contribution < -0.4 is 5.32 Å². The molecule has 0 saturated carbocycles. The minimum absolute atomic E-state index is 0.0705. The van der Waals surface area contributed by atoms with Crippen molar-refractivity contribution in [3.63, 3.8) is 0 Å². The van der Waals surface area contributed by atoms with Crippen LogP contribution in [0.4, 0.5) is 5.69 Å². The Labute approximate surface area is 206 Å². The molecule has 1 heterocycles. The van der Waals surface area contributed by atoms with E-state index in [-0.39, 0.29) is 18.2 Å². The third kappa shape index (κ3) is 6.08. The summed E-state index contributed by atoms with van der Waals surface area (Å²) >= 11 is 5.74. The van der Waals surface area contributed by atoms with Crippen molar-refractivity contribution in [2.45, 2.75) is 31.7 Å². The van der Waals surface area contributed by atoms with E-state index < -0.39 is 6.04 Å². The van der Waals surface area contributed by atoms with E-state index >= 15 is 0 Å². The summed E-state index contributed by atoms with van der Waals surface area (Å²) in [5, 5.41) is 3.42. The Bertz CT molecular complexity index is 1110. The predicted molar refractivity (Wildman–Crippen MR) is 139 cm³/mol. The second kappa shape index (κ2) is 11.6. The SMILES string of the molecule is O=C(CC1C(=O)N(CCc2ccccc2)C(=S)N1CCCc1ccccc1)Nc1ccccc1. The Morgan fingerprint density at radius 2 is 1.35 bits per heavy atom. The molecule has 4 rings (SSSR count). The molecule has 1 unspecified atom stereocenters. The van der Waals surface area contributed by atoms with E-state index in [0.717, 1.165) is 24.1 Å². The molecular formula is C28H29N3O2S. The molecule has 1 saturated heterocycles. The molecule has 1 atom stereocenters. The lowest BCUT2D eigenvalue weighted by Crippen LogP contribution is -2.38. The fourth-order valence-electron chi connectivity index (χ4n) is 4.24. The first-order valence-electron chi connectivity index (χ1n) is 11.7. The van der Waals surface area contributed by atoms with Crippen molar-refractivity contribution in [2.75, 3.05) is 18.4 Å². The molecule has 0 bridgehead atoms. The number of anilines is 1. The molecule has 0 aromatic heterocycles. The van der Waals surface area contributed by atoms with Gasteiger partial charge in [0.25, 0.3) is 5.91 Å². The van der Waals surface area contributed by atoms with Crippen molar-refractivity contribution in [1.29, 1.82) is 0 Å². The summed E-state index contributed by atoms with van der Waals surface area (Å²) < 4.78 is 0. The maximum absolute atomic E-state index is 13.4. The largest absolute Gasteiger partial charge is 0.336 e. The predicted octanol–water partition coefficient (Wildman–Crippen LogP) is 4.69. The van der Waals surface area contributed by atoms with Crippen LogP contribution in [0.3, 0.4) is 0 Å². The lowest BCUT2D eigenvalue weighted by atomic mass is 10.1. The highest BCUT2D eigenvalue weighted by Crippen LogP contribution is 2.23. The number of carbonyl (C=O) groups is 2. The smallest absolute Gasteiger partial charge is 0.252 e. The third-order valence-electron chi connectivity index (χ3n) is 6.01. The number of carbonyl (C=O) groups excluding carboxylic acids is 2. The molecule has 0 aliphatic carbocycles. The first-order chi connectivity index (χ1) is 16.6. The van der Waals surface area contributed by atoms with Gasteiger partial charge in [-0.1, -0.05) is 78.9 Å². The van der Waals surface area contributed by atoms with Gasteiger partial charge in [-0.3, -0.25) is 14.5 Å². The third-order valence-corrected chi connectivity index (χ3v) is 6.47. The van der Waals surface area contributed by atoms with Crippen molar-refractivity contribution in [3.05, 3.63) is 102 Å². The molecule has 3 aromatic carbocycles. The number of hydrogen-bond donors (Lipinski definition) is 1. The second-order valence-electron chi connectivity index (χ2n) is 8.42. The van der Waals surface area contributed by atoms with Gasteiger partial charge in [-0.15, -0.1) is 0 Å². The van der Waals surface area contributed by atoms with Crippen LogP contribution >= 0.6 is 12.2 Å². The van der Waals surface area contributed by atoms with Gasteiger partial charge in [0.2, 0.25) is 5.91 Å². The Hall–Kier alpha value is -3.51. The van der Waals surface area contributed by atoms with Crippen LogP contribution in [0.5, 0.6) is 0 Å². The van der Waals surface area contributed by atoms with E-state index in [1.165, 1.54) is 5.56 Å². The van der Waals surface area contributed by atoms with Crippen LogP contribution in [-0.4, -0.2) is 45.9 Å². The average molecular weight is 472 g/mol. The highest BCUT2D eigenvalue weighted by atomic mass is 32.1. The maximum Gasteiger partial charge on any atom is 0.252 e. The van der Waals surface area contributed by atoms with E-state index in [0.29, 0.717) is 24.6 Å². The molecule has 6 heteroatoms. The van der Waals surface area contributed by atoms with Crippen LogP contribution in [-0.2, 0) is 22.4 Å². The fraction of sp³-hybridized carbons (Fsp3) is 0.250. The standard InChI is InChI=1S/C28H29N3O2S/c32-26(29-24-16-8-3-9-17-24)21-25-27(33)31(20-18-23-13-6-2-7-14-23)28(34)30(25)19-10-15-22-11-4-1-5-12-22/h1-9,11-14,16-17,25H,10,15,18-21H2,(H,29,32). The fourth-order valence-corrected chi connectivity index (χ4v) is 4.64. The van der Waals surface area contributed by atoms with Crippen LogP contribution in [0, 0.1) is 0 Å². The summed E-state index contributed by atoms with van der Waals surface area (Å²) in [7, 11) is 0. The van der Waals surface area contributed by atoms with E-state index in [9.17, 15) is 9.59 Å². The Balaban J connectivity index is 1.44. The van der Waals surface area contributed by atoms with Gasteiger partial charge in [0.05, 0.1) is 6.42 Å². The molecule has 1 aliphatic rings. The quantitative estimate of drug-likeness (QED) is 0.436. The molecule has 34 heavy (non-hydrogen) atoms. The number of rotatable bonds is 10. The Morgan fingerprint density at radius 1 is 0.794 bits per heavy atom. The maximum atomic E-state index is 13.4. The Morgan fingerprint density at radius 3 is 1.97 bits per heavy atom. The molecule has 0 spiro atoms. The molecule has 174 valence electrons. The average Bonchev–Trinajstić information content (AvgIpc) is 3.08. The molecule has 0 radical (unpaired) electrons. The summed E-state index contributed by atoms with van der Waals surface area (Å²) in [5.41, 5.74) is 3.12. The number of para-hydroxylation sites is 1. The van der Waals surface area contributed by atoms with Gasteiger partial charge in [-0.05, 0) is 54.7 Å². The van der Waals surface area contributed by atoms with Crippen molar-refractivity contribution < 1.29 is 9.59 Å². The zero-order chi connectivity index (χ0) is 23.8. The minimum Gasteiger partial charge on any atom is -0.336 e. The van der Waals surface area contributed by atoms with E-state index in [1.807, 2.05) is 83.8 Å². The first kappa shape index (κ1) is 23.6. The van der Waals surface area contributed by atoms with Gasteiger partial charge in [0, 0.05) is 18.8 Å². The number of benzene rings is 3. The second-order valence-corrected chi connectivity index (χ2v) is 8.79. The van der Waals surface area contributed by atoms with Crippen molar-refractivity contribution in [3.8, 4) is 0 Å². The van der Waals surface area contributed by atoms with E-state index in [4.69, 9.17) is 12.2 Å². The molecule has 1 N–H and O–H groups in total. The van der Waals surface area contributed by atoms with Gasteiger partial charge in [0.15, 0.2) is 5.11 Å². The van der Waals surface area contributed by atoms with Gasteiger partial charge in [-0.2, -0.15) is 0 Å². The van der Waals surface area contributed by atoms with Crippen LogP contribution in [0.2, 0.25) is 0 Å². The van der Waals surface area contributed by atoms with E-state index in [1.54, 1.807) is 4.90 Å². The molecule has 3 aromatic rings. The molecule has 1 aliphatic heterocycles. The molecule has 2 amide bonds. The summed E-state index contributed by atoms with van der Waals surface area (Å²) in [4.78, 5) is 29.8. The summed E-state index contributed by atoms with van der Waals surface area (Å²) in [6.45, 7) is 1.14. The highest BCUT2D eigenvalue weighted by Gasteiger charge is 2.42. The number of aryl methyl sites for hydroxylation is 1. The highest BCUT2D eigenvalue weighted by molar-refractivity contribution is 7.80. The van der Waals surface area contributed by atoms with Crippen molar-refractivity contribution in [2.24, 2.45) is 0 Å². The summed E-state index contributed by atoms with van der Waals surface area (Å²) in [6, 6.07) is 29.0. The zero-order valence-corrected chi connectivity index (χ0v) is 19.9. The molecular weight excluding hydrogens is 442 g/mol. The lowest BCUT2D eigenvalue weighted by Gasteiger charge is -2.24. The number of hydrogen-bond acceptors (Lipinski definition) is 3. The van der Waals surface area contributed by atoms with Gasteiger partial charge in [-0.25, -0.2) is 0 Å². The first-order valence-corrected chi connectivity index (χ1v) is 12.1. The summed E-state index contributed by atoms with van der Waals surface area (Å²) in [5.74, 6) is -0.283. The lowest BCUT2D eigenvalue weighted by molar-refractivity contribution is -0.130. The minimum atomic E-state index is -0.581. The number of amides is 2. The molecule has 1 fully saturated rings. The molecule has 5 nitrogen and oxygen atoms in total. The Kier molecular flexibility index (Phi) is 8.04. The van der Waals surface area contributed by atoms with Crippen molar-refractivity contribution >= 4 is 34.8 Å². The zero-order valence-electron chi connectivity index (χ0n) is 19.1. The van der Waals surface area contributed by atoms with Crippen LogP contribution in [0.1, 0.15) is 24.0 Å². The number of nitrogens with one attached hydrogen (secondary N) is 1. The van der Waals surface area contributed by atoms with Crippen LogP contribution in [0.25, 0.3) is 0 Å². The normalized spacial score (nSPS) is 15.6. The van der Waals surface area contributed by atoms with Gasteiger partial charge in [0.1, 0.15) is 6.04 Å². The van der Waals surface area contributed by atoms with Gasteiger partial charge >= 0.3 is 0 Å². The van der Waals surface area contributed by atoms with Gasteiger partial charge < -0.3 is 10.2 Å².